The number of thiazole rings is 1. The van der Waals surface area contributed by atoms with E-state index in [9.17, 15) is 14.1 Å². The van der Waals surface area contributed by atoms with Crippen LogP contribution in [0.25, 0.3) is 0 Å². The van der Waals surface area contributed by atoms with Gasteiger partial charge in [0, 0.05) is 11.4 Å². The molecule has 2 aliphatic carbocycles. The maximum Gasteiger partial charge on any atom is 0.354 e. The Morgan fingerprint density at radius 1 is 1.21 bits per heavy atom. The molecule has 0 unspecified atom stereocenters. The molecule has 0 saturated carbocycles. The summed E-state index contributed by atoms with van der Waals surface area (Å²) in [6, 6.07) is -0.733. The summed E-state index contributed by atoms with van der Waals surface area (Å²) in [5.74, 6) is 0. The van der Waals surface area contributed by atoms with Crippen molar-refractivity contribution in [1.82, 2.24) is 9.97 Å². The average molecular weight is 436 g/mol. The fourth-order valence-corrected chi connectivity index (χ4v) is 5.94. The van der Waals surface area contributed by atoms with E-state index in [1.807, 2.05) is 0 Å². The lowest BCUT2D eigenvalue weighted by molar-refractivity contribution is 0.0783. The van der Waals surface area contributed by atoms with Crippen molar-refractivity contribution in [3.63, 3.8) is 0 Å². The Morgan fingerprint density at radius 2 is 1.83 bits per heavy atom. The molecule has 2 aromatic rings. The number of nitrogens with zero attached hydrogens (tertiary/aromatic N) is 3. The topological polar surface area (TPSA) is 131 Å². The zero-order valence-electron chi connectivity index (χ0n) is 16.5. The van der Waals surface area contributed by atoms with Crippen LogP contribution in [0.15, 0.2) is 14.8 Å². The molecule has 4 rings (SSSR count). The van der Waals surface area contributed by atoms with Crippen LogP contribution in [0, 0.1) is 0 Å². The summed E-state index contributed by atoms with van der Waals surface area (Å²) in [6.45, 7) is 3.15. The lowest BCUT2D eigenvalue weighted by Gasteiger charge is -2.21. The van der Waals surface area contributed by atoms with Crippen LogP contribution in [0.5, 0.6) is 0 Å². The van der Waals surface area contributed by atoms with Crippen molar-refractivity contribution in [3.8, 4) is 0 Å². The molecule has 2 amide bonds. The van der Waals surface area contributed by atoms with E-state index in [1.54, 1.807) is 13.8 Å². The van der Waals surface area contributed by atoms with E-state index in [0.29, 0.717) is 5.01 Å². The Hall–Kier alpha value is -1.88. The number of nitrogens with one attached hydrogen (secondary N) is 1. The molecule has 0 saturated heterocycles. The Bertz CT molecular complexity index is 1090. The number of carbonyl (C=O) groups excluding carboxylic acids is 1. The molecule has 0 fully saturated rings. The number of rotatable bonds is 3. The molecule has 0 radical (unpaired) electrons. The second-order valence-electron chi connectivity index (χ2n) is 8.03. The van der Waals surface area contributed by atoms with Gasteiger partial charge in [0.1, 0.15) is 14.8 Å². The number of aryl methyl sites for hydroxylation is 2. The first kappa shape index (κ1) is 20.4. The molecule has 10 heteroatoms. The number of fused-ring (bicyclic) bond motifs is 2. The smallest absolute Gasteiger partial charge is 0.354 e. The lowest BCUT2D eigenvalue weighted by atomic mass is 9.92. The van der Waals surface area contributed by atoms with Crippen LogP contribution in [0.4, 0.5) is 10.5 Å². The monoisotopic (exact) mass is 435 g/mol. The van der Waals surface area contributed by atoms with Gasteiger partial charge in [0.05, 0.1) is 11.9 Å². The highest BCUT2D eigenvalue weighted by Gasteiger charge is 2.27. The van der Waals surface area contributed by atoms with Gasteiger partial charge < -0.3 is 10.4 Å². The number of carbonyl (C=O) groups is 1. The molecule has 0 spiro atoms. The standard InChI is InChI=1S/C19H25N5O3S2/c1-19(2,26)17-21-10-15(28-17)29(20,27)24-18(25)23-16-11-6-3-4-8-13(11)22-14-9-5-7-12(14)16/h10,26H,3-9H2,1-2H3,(H3,20,22,23,24,25,27)/t29-/m1/s1. The molecule has 2 aliphatic rings. The van der Waals surface area contributed by atoms with Gasteiger partial charge in [-0.3, -0.25) is 4.98 Å². The van der Waals surface area contributed by atoms with Gasteiger partial charge in [-0.1, -0.05) is 0 Å². The van der Waals surface area contributed by atoms with Crippen molar-refractivity contribution in [2.24, 2.45) is 9.50 Å². The van der Waals surface area contributed by atoms with Crippen molar-refractivity contribution in [2.45, 2.75) is 68.6 Å². The van der Waals surface area contributed by atoms with Crippen LogP contribution in [-0.2, 0) is 41.2 Å². The number of pyridine rings is 1. The summed E-state index contributed by atoms with van der Waals surface area (Å²) in [7, 11) is -3.46. The van der Waals surface area contributed by atoms with Crippen LogP contribution in [0.3, 0.4) is 0 Å². The van der Waals surface area contributed by atoms with Gasteiger partial charge in [-0.15, -0.1) is 15.7 Å². The summed E-state index contributed by atoms with van der Waals surface area (Å²) >= 11 is 0.993. The molecule has 0 aliphatic heterocycles. The van der Waals surface area contributed by atoms with Gasteiger partial charge in [-0.05, 0) is 69.9 Å². The maximum absolute atomic E-state index is 12.9. The van der Waals surface area contributed by atoms with Crippen LogP contribution >= 0.6 is 11.3 Å². The molecule has 29 heavy (non-hydrogen) atoms. The zero-order chi connectivity index (χ0) is 20.8. The first-order chi connectivity index (χ1) is 13.6. The Balaban J connectivity index is 1.66. The average Bonchev–Trinajstić information content (AvgIpc) is 3.30. The predicted octanol–water partition coefficient (Wildman–Crippen LogP) is 3.07. The predicted molar refractivity (Wildman–Crippen MR) is 112 cm³/mol. The summed E-state index contributed by atoms with van der Waals surface area (Å²) in [5.41, 5.74) is 3.85. The first-order valence-electron chi connectivity index (χ1n) is 9.73. The highest BCUT2D eigenvalue weighted by Crippen LogP contribution is 2.36. The Morgan fingerprint density at radius 3 is 2.48 bits per heavy atom. The van der Waals surface area contributed by atoms with Crippen molar-refractivity contribution < 1.29 is 14.1 Å². The molecule has 8 nitrogen and oxygen atoms in total. The molecule has 0 aromatic carbocycles. The van der Waals surface area contributed by atoms with Crippen LogP contribution in [0.1, 0.15) is 60.6 Å². The second-order valence-corrected chi connectivity index (χ2v) is 11.1. The number of aromatic nitrogens is 2. The van der Waals surface area contributed by atoms with Gasteiger partial charge in [-0.2, -0.15) is 0 Å². The minimum atomic E-state index is -3.46. The van der Waals surface area contributed by atoms with Crippen molar-refractivity contribution in [3.05, 3.63) is 33.7 Å². The first-order valence-corrected chi connectivity index (χ1v) is 12.1. The van der Waals surface area contributed by atoms with Gasteiger partial charge in [0.15, 0.2) is 9.92 Å². The third-order valence-corrected chi connectivity index (χ3v) is 8.44. The third-order valence-electron chi connectivity index (χ3n) is 5.25. The van der Waals surface area contributed by atoms with E-state index >= 15 is 0 Å². The summed E-state index contributed by atoms with van der Waals surface area (Å²) in [5, 5.41) is 19.1. The minimum absolute atomic E-state index is 0.159. The Labute approximate surface area is 174 Å². The van der Waals surface area contributed by atoms with Crippen LogP contribution < -0.4 is 10.5 Å². The van der Waals surface area contributed by atoms with E-state index in [1.165, 1.54) is 6.20 Å². The molecule has 4 N–H and O–H groups in total. The summed E-state index contributed by atoms with van der Waals surface area (Å²) in [6.07, 6.45) is 8.04. The van der Waals surface area contributed by atoms with Gasteiger partial charge in [0.2, 0.25) is 0 Å². The van der Waals surface area contributed by atoms with E-state index in [4.69, 9.17) is 10.1 Å². The zero-order valence-corrected chi connectivity index (χ0v) is 18.2. The number of hydrogen-bond donors (Lipinski definition) is 3. The SMILES string of the molecule is CC(C)(O)c1ncc([S@](N)(=O)=NC(=O)Nc2c3c(nc4c2CCC4)CCCC3)s1. The maximum atomic E-state index is 12.9. The number of hydrogen-bond acceptors (Lipinski definition) is 6. The quantitative estimate of drug-likeness (QED) is 0.682. The fraction of sp³-hybridized carbons (Fsp3) is 0.526. The molecular weight excluding hydrogens is 410 g/mol. The van der Waals surface area contributed by atoms with E-state index in [2.05, 4.69) is 14.7 Å². The van der Waals surface area contributed by atoms with Crippen molar-refractivity contribution in [1.29, 1.82) is 0 Å². The molecule has 1 atom stereocenters. The second kappa shape index (κ2) is 7.42. The highest BCUT2D eigenvalue weighted by molar-refractivity contribution is 7.93. The molecule has 156 valence electrons. The van der Waals surface area contributed by atoms with Gasteiger partial charge >= 0.3 is 6.03 Å². The van der Waals surface area contributed by atoms with Crippen molar-refractivity contribution in [2.75, 3.05) is 5.32 Å². The highest BCUT2D eigenvalue weighted by atomic mass is 32.2. The number of nitrogens with two attached hydrogens (primary N) is 1. The minimum Gasteiger partial charge on any atom is -0.383 e. The molecular formula is C19H25N5O3S2. The molecule has 2 heterocycles. The lowest BCUT2D eigenvalue weighted by Crippen LogP contribution is -2.20. The van der Waals surface area contributed by atoms with E-state index in [-0.39, 0.29) is 4.21 Å². The number of amides is 2. The Kier molecular flexibility index (Phi) is 5.22. The van der Waals surface area contributed by atoms with E-state index < -0.39 is 21.5 Å². The summed E-state index contributed by atoms with van der Waals surface area (Å²) in [4.78, 5) is 21.5. The van der Waals surface area contributed by atoms with E-state index in [0.717, 1.165) is 84.5 Å². The van der Waals surface area contributed by atoms with Crippen LogP contribution in [0.2, 0.25) is 0 Å². The van der Waals surface area contributed by atoms with Crippen molar-refractivity contribution >= 4 is 33.0 Å². The van der Waals surface area contributed by atoms with Gasteiger partial charge in [-0.25, -0.2) is 19.1 Å². The number of anilines is 1. The normalized spacial score (nSPS) is 17.9. The third kappa shape index (κ3) is 4.07. The molecule has 0 bridgehead atoms. The van der Waals surface area contributed by atoms with Crippen LogP contribution in [-0.4, -0.2) is 25.3 Å². The number of aliphatic hydroxyl groups is 1. The fourth-order valence-electron chi connectivity index (χ4n) is 3.87. The summed E-state index contributed by atoms with van der Waals surface area (Å²) < 4.78 is 16.8. The molecule has 2 aromatic heterocycles. The number of urea groups is 1. The van der Waals surface area contributed by atoms with Gasteiger partial charge in [0.25, 0.3) is 0 Å². The largest absolute Gasteiger partial charge is 0.383 e.